The van der Waals surface area contributed by atoms with Gasteiger partial charge in [0.05, 0.1) is 39.8 Å². The molecule has 28 heavy (non-hydrogen) atoms. The first kappa shape index (κ1) is 17.4. The summed E-state index contributed by atoms with van der Waals surface area (Å²) in [6, 6.07) is 11.1. The van der Waals surface area contributed by atoms with Crippen molar-refractivity contribution in [2.45, 2.75) is 26.3 Å². The van der Waals surface area contributed by atoms with Crippen LogP contribution in [0, 0.1) is 6.92 Å². The monoisotopic (exact) mass is 393 g/mol. The number of phenolic OH excluding ortho intramolecular Hbond substituents is 1. The number of para-hydroxylation sites is 1. The smallest absolute Gasteiger partial charge is 0.203 e. The molecule has 1 aliphatic rings. The molecule has 0 aliphatic carbocycles. The van der Waals surface area contributed by atoms with Crippen molar-refractivity contribution in [1.82, 2.24) is 4.98 Å². The minimum Gasteiger partial charge on any atom is -0.507 e. The Labute approximate surface area is 165 Å². The Morgan fingerprint density at radius 3 is 2.75 bits per heavy atom. The minimum absolute atomic E-state index is 0.0875. The number of phenols is 1. The maximum atomic E-state index is 13.3. The third-order valence-electron chi connectivity index (χ3n) is 5.56. The van der Waals surface area contributed by atoms with Crippen LogP contribution >= 0.6 is 11.3 Å². The second kappa shape index (κ2) is 6.72. The predicted octanol–water partition coefficient (Wildman–Crippen LogP) is 3.26. The van der Waals surface area contributed by atoms with E-state index >= 15 is 0 Å². The Morgan fingerprint density at radius 1 is 1.18 bits per heavy atom. The second-order valence-electron chi connectivity index (χ2n) is 7.42. The van der Waals surface area contributed by atoms with Gasteiger partial charge in [-0.15, -0.1) is 11.3 Å². The summed E-state index contributed by atoms with van der Waals surface area (Å²) in [6.07, 6.45) is 2.40. The van der Waals surface area contributed by atoms with Gasteiger partial charge in [0.1, 0.15) is 23.1 Å². The molecule has 1 saturated heterocycles. The maximum Gasteiger partial charge on any atom is 0.203 e. The van der Waals surface area contributed by atoms with Gasteiger partial charge in [0, 0.05) is 12.8 Å². The van der Waals surface area contributed by atoms with Crippen LogP contribution in [0.2, 0.25) is 0 Å². The summed E-state index contributed by atoms with van der Waals surface area (Å²) < 4.78 is 7.18. The fourth-order valence-corrected chi connectivity index (χ4v) is 5.17. The van der Waals surface area contributed by atoms with Gasteiger partial charge in [-0.25, -0.2) is 4.98 Å². The van der Waals surface area contributed by atoms with Crippen molar-refractivity contribution in [2.24, 2.45) is 0 Å². The molecule has 0 saturated carbocycles. The van der Waals surface area contributed by atoms with Crippen molar-refractivity contribution in [1.29, 1.82) is 0 Å². The molecule has 4 aromatic rings. The molecule has 1 aliphatic heterocycles. The highest BCUT2D eigenvalue weighted by atomic mass is 32.1. The zero-order chi connectivity index (χ0) is 19.3. The molecule has 2 N–H and O–H groups in total. The van der Waals surface area contributed by atoms with Gasteiger partial charge in [0.25, 0.3) is 0 Å². The van der Waals surface area contributed by atoms with Gasteiger partial charge in [-0.2, -0.15) is 0 Å². The topological polar surface area (TPSA) is 67.8 Å². The van der Waals surface area contributed by atoms with Crippen molar-refractivity contribution in [3.05, 3.63) is 57.9 Å². The van der Waals surface area contributed by atoms with Crippen molar-refractivity contribution in [3.8, 4) is 16.3 Å². The van der Waals surface area contributed by atoms with Crippen molar-refractivity contribution in [2.75, 3.05) is 13.1 Å². The van der Waals surface area contributed by atoms with Crippen molar-refractivity contribution in [3.63, 3.8) is 0 Å². The Balaban J connectivity index is 1.70. The molecule has 0 bridgehead atoms. The highest BCUT2D eigenvalue weighted by Gasteiger charge is 2.24. The summed E-state index contributed by atoms with van der Waals surface area (Å²) in [6.45, 7) is 4.65. The average Bonchev–Trinajstić information content (AvgIpc) is 3.33. The van der Waals surface area contributed by atoms with Crippen LogP contribution in [0.25, 0.3) is 31.8 Å². The highest BCUT2D eigenvalue weighted by molar-refractivity contribution is 7.21. The normalized spacial score (nSPS) is 15.0. The molecule has 1 fully saturated rings. The third kappa shape index (κ3) is 2.80. The molecule has 142 valence electrons. The van der Waals surface area contributed by atoms with Gasteiger partial charge in [0.15, 0.2) is 5.58 Å². The number of thiazole rings is 1. The van der Waals surface area contributed by atoms with Gasteiger partial charge >= 0.3 is 0 Å². The second-order valence-corrected chi connectivity index (χ2v) is 8.45. The summed E-state index contributed by atoms with van der Waals surface area (Å²) in [5.41, 5.74) is 2.54. The number of benzene rings is 2. The highest BCUT2D eigenvalue weighted by Crippen LogP contribution is 2.33. The van der Waals surface area contributed by atoms with Crippen LogP contribution in [0.5, 0.6) is 5.75 Å². The van der Waals surface area contributed by atoms with Gasteiger partial charge in [0.2, 0.25) is 5.43 Å². The molecule has 5 nitrogen and oxygen atoms in total. The van der Waals surface area contributed by atoms with E-state index in [1.54, 1.807) is 19.1 Å². The van der Waals surface area contributed by atoms with Crippen LogP contribution in [-0.4, -0.2) is 23.2 Å². The molecule has 0 spiro atoms. The summed E-state index contributed by atoms with van der Waals surface area (Å²) in [5, 5.41) is 11.6. The quantitative estimate of drug-likeness (QED) is 0.561. The molecule has 2 aromatic heterocycles. The number of quaternary nitrogens is 1. The molecule has 3 heterocycles. The number of rotatable bonds is 3. The third-order valence-corrected chi connectivity index (χ3v) is 6.61. The van der Waals surface area contributed by atoms with E-state index in [1.165, 1.54) is 29.1 Å². The van der Waals surface area contributed by atoms with E-state index in [0.717, 1.165) is 28.9 Å². The van der Waals surface area contributed by atoms with E-state index in [-0.39, 0.29) is 11.2 Å². The zero-order valence-electron chi connectivity index (χ0n) is 15.6. The van der Waals surface area contributed by atoms with Crippen LogP contribution in [0.15, 0.2) is 45.6 Å². The fourth-order valence-electron chi connectivity index (χ4n) is 4.11. The molecule has 0 radical (unpaired) electrons. The van der Waals surface area contributed by atoms with E-state index < -0.39 is 0 Å². The Kier molecular flexibility index (Phi) is 4.18. The Morgan fingerprint density at radius 2 is 1.96 bits per heavy atom. The Hall–Kier alpha value is -2.70. The Bertz CT molecular complexity index is 1220. The van der Waals surface area contributed by atoms with Gasteiger partial charge in [-0.1, -0.05) is 12.1 Å². The van der Waals surface area contributed by atoms with Crippen LogP contribution in [0.3, 0.4) is 0 Å². The largest absolute Gasteiger partial charge is 0.507 e. The number of hydrogen-bond donors (Lipinski definition) is 2. The first-order valence-electron chi connectivity index (χ1n) is 9.59. The number of likely N-dealkylation sites (tertiary alicyclic amines) is 1. The lowest BCUT2D eigenvalue weighted by Crippen LogP contribution is -3.08. The number of aromatic nitrogens is 1. The number of nitrogens with one attached hydrogen (secondary N) is 1. The molecular weight excluding hydrogens is 372 g/mol. The molecular formula is C22H21N2O3S+. The molecule has 0 unspecified atom stereocenters. The number of fused-ring (bicyclic) bond motifs is 2. The van der Waals surface area contributed by atoms with Gasteiger partial charge < -0.3 is 14.4 Å². The lowest BCUT2D eigenvalue weighted by Gasteiger charge is -2.15. The predicted molar refractivity (Wildman–Crippen MR) is 111 cm³/mol. The lowest BCUT2D eigenvalue weighted by atomic mass is 10.1. The van der Waals surface area contributed by atoms with Crippen LogP contribution in [0.4, 0.5) is 0 Å². The fraction of sp³-hybridized carbons (Fsp3) is 0.273. The number of aromatic hydroxyl groups is 1. The number of nitrogens with zero attached hydrogens (tertiary/aromatic N) is 1. The summed E-state index contributed by atoms with van der Waals surface area (Å²) in [7, 11) is 0. The summed E-state index contributed by atoms with van der Waals surface area (Å²) in [4.78, 5) is 19.4. The van der Waals surface area contributed by atoms with Gasteiger partial charge in [-0.3, -0.25) is 4.79 Å². The molecule has 5 rings (SSSR count). The van der Waals surface area contributed by atoms with Crippen LogP contribution < -0.4 is 10.3 Å². The van der Waals surface area contributed by atoms with E-state index in [0.29, 0.717) is 33.8 Å². The van der Waals surface area contributed by atoms with E-state index in [1.807, 2.05) is 24.3 Å². The zero-order valence-corrected chi connectivity index (χ0v) is 16.4. The summed E-state index contributed by atoms with van der Waals surface area (Å²) in [5.74, 6) is 0.738. The standard InChI is InChI=1S/C22H20N2O3S/c1-13-19(22-23-16-6-2-3-7-18(16)28-22)20(26)14-8-9-17(25)15(21(14)27-13)12-24-10-4-5-11-24/h2-3,6-9,25H,4-5,10-12H2,1H3/p+1. The number of hydrogen-bond acceptors (Lipinski definition) is 5. The van der Waals surface area contributed by atoms with E-state index in [2.05, 4.69) is 4.98 Å². The van der Waals surface area contributed by atoms with Crippen LogP contribution in [0.1, 0.15) is 24.2 Å². The first-order chi connectivity index (χ1) is 13.6. The van der Waals surface area contributed by atoms with E-state index in [4.69, 9.17) is 4.42 Å². The van der Waals surface area contributed by atoms with Gasteiger partial charge in [-0.05, 0) is 31.2 Å². The number of aryl methyl sites for hydroxylation is 1. The summed E-state index contributed by atoms with van der Waals surface area (Å²) >= 11 is 1.50. The maximum absolute atomic E-state index is 13.3. The van der Waals surface area contributed by atoms with Crippen molar-refractivity contribution >= 4 is 32.5 Å². The molecule has 2 aromatic carbocycles. The molecule has 6 heteroatoms. The van der Waals surface area contributed by atoms with Crippen molar-refractivity contribution < 1.29 is 14.4 Å². The minimum atomic E-state index is -0.0875. The van der Waals surface area contributed by atoms with Crippen LogP contribution in [-0.2, 0) is 6.54 Å². The SMILES string of the molecule is Cc1oc2c(C[NH+]3CCCC3)c(O)ccc2c(=O)c1-c1nc2ccccc2s1. The lowest BCUT2D eigenvalue weighted by molar-refractivity contribution is -0.901. The van der Waals surface area contributed by atoms with E-state index in [9.17, 15) is 9.90 Å². The first-order valence-corrected chi connectivity index (χ1v) is 10.4. The average molecular weight is 393 g/mol. The molecule has 0 amide bonds. The molecule has 0 atom stereocenters.